The van der Waals surface area contributed by atoms with Crippen LogP contribution in [0.3, 0.4) is 0 Å². The number of rotatable bonds is 5. The summed E-state index contributed by atoms with van der Waals surface area (Å²) < 4.78 is 26.8. The zero-order valence-electron chi connectivity index (χ0n) is 12.8. The average molecular weight is 316 g/mol. The lowest BCUT2D eigenvalue weighted by Crippen LogP contribution is -2.14. The molecule has 23 heavy (non-hydrogen) atoms. The molecule has 5 heteroatoms. The van der Waals surface area contributed by atoms with Crippen molar-refractivity contribution in [1.82, 2.24) is 0 Å². The third-order valence-electron chi connectivity index (χ3n) is 3.89. The Labute approximate surface area is 133 Å². The van der Waals surface area contributed by atoms with Gasteiger partial charge >= 0.3 is 0 Å². The summed E-state index contributed by atoms with van der Waals surface area (Å²) in [4.78, 5) is 11.8. The maximum absolute atomic E-state index is 13.8. The average Bonchev–Trinajstić information content (AvgIpc) is 3.32. The molecule has 0 spiro atoms. The zero-order chi connectivity index (χ0) is 16.4. The van der Waals surface area contributed by atoms with Gasteiger partial charge in [0.2, 0.25) is 5.91 Å². The van der Waals surface area contributed by atoms with Crippen LogP contribution in [-0.4, -0.2) is 5.91 Å². The van der Waals surface area contributed by atoms with Crippen molar-refractivity contribution < 1.29 is 13.6 Å². The summed E-state index contributed by atoms with van der Waals surface area (Å²) in [6.45, 7) is 1.80. The highest BCUT2D eigenvalue weighted by Gasteiger charge is 2.29. The summed E-state index contributed by atoms with van der Waals surface area (Å²) in [5.41, 5.74) is 1.85. The molecule has 1 amide bonds. The van der Waals surface area contributed by atoms with E-state index in [1.165, 1.54) is 12.1 Å². The monoisotopic (exact) mass is 316 g/mol. The van der Waals surface area contributed by atoms with Crippen LogP contribution >= 0.6 is 0 Å². The highest BCUT2D eigenvalue weighted by Crippen LogP contribution is 2.30. The number of carbonyl (C=O) groups is 1. The largest absolute Gasteiger partial charge is 0.378 e. The summed E-state index contributed by atoms with van der Waals surface area (Å²) in [7, 11) is 0. The number of amides is 1. The number of anilines is 2. The van der Waals surface area contributed by atoms with Crippen molar-refractivity contribution in [2.24, 2.45) is 5.92 Å². The van der Waals surface area contributed by atoms with Crippen LogP contribution in [0.2, 0.25) is 0 Å². The van der Waals surface area contributed by atoms with Gasteiger partial charge in [-0.15, -0.1) is 0 Å². The van der Waals surface area contributed by atoms with E-state index >= 15 is 0 Å². The molecule has 120 valence electrons. The first-order chi connectivity index (χ1) is 11.0. The normalized spacial score (nSPS) is 15.1. The second-order valence-corrected chi connectivity index (χ2v) is 5.88. The van der Waals surface area contributed by atoms with E-state index in [-0.39, 0.29) is 17.9 Å². The lowest BCUT2D eigenvalue weighted by Gasteiger charge is -2.17. The van der Waals surface area contributed by atoms with Crippen molar-refractivity contribution in [1.29, 1.82) is 0 Å². The van der Waals surface area contributed by atoms with Crippen LogP contribution in [0.15, 0.2) is 42.5 Å². The maximum Gasteiger partial charge on any atom is 0.227 e. The first kappa shape index (κ1) is 15.5. The molecule has 2 aromatic rings. The Morgan fingerprint density at radius 1 is 1.13 bits per heavy atom. The molecule has 3 rings (SSSR count). The van der Waals surface area contributed by atoms with Gasteiger partial charge in [-0.05, 0) is 44.0 Å². The second-order valence-electron chi connectivity index (χ2n) is 5.88. The van der Waals surface area contributed by atoms with Gasteiger partial charge in [-0.25, -0.2) is 8.78 Å². The van der Waals surface area contributed by atoms with Crippen molar-refractivity contribution in [2.45, 2.75) is 25.8 Å². The SMILES string of the molecule is CC(Nc1cccc(NC(=O)C2CC2)c1)c1ccc(F)cc1F. The van der Waals surface area contributed by atoms with Crippen LogP contribution in [0.25, 0.3) is 0 Å². The molecule has 1 aliphatic rings. The highest BCUT2D eigenvalue weighted by atomic mass is 19.1. The fraction of sp³-hybridized carbons (Fsp3) is 0.278. The molecule has 1 saturated carbocycles. The van der Waals surface area contributed by atoms with E-state index in [1.54, 1.807) is 13.0 Å². The first-order valence-corrected chi connectivity index (χ1v) is 7.65. The molecule has 0 saturated heterocycles. The molecule has 1 aliphatic carbocycles. The van der Waals surface area contributed by atoms with E-state index in [2.05, 4.69) is 10.6 Å². The lowest BCUT2D eigenvalue weighted by atomic mass is 10.1. The molecule has 2 N–H and O–H groups in total. The first-order valence-electron chi connectivity index (χ1n) is 7.65. The van der Waals surface area contributed by atoms with Crippen LogP contribution in [0, 0.1) is 17.6 Å². The van der Waals surface area contributed by atoms with E-state index in [4.69, 9.17) is 0 Å². The van der Waals surface area contributed by atoms with Gasteiger partial charge in [0.25, 0.3) is 0 Å². The van der Waals surface area contributed by atoms with Gasteiger partial charge in [-0.1, -0.05) is 12.1 Å². The minimum atomic E-state index is -0.594. The molecule has 0 aliphatic heterocycles. The second kappa shape index (κ2) is 6.36. The topological polar surface area (TPSA) is 41.1 Å². The molecule has 1 atom stereocenters. The Morgan fingerprint density at radius 2 is 1.87 bits per heavy atom. The van der Waals surface area contributed by atoms with Crippen molar-refractivity contribution in [3.8, 4) is 0 Å². The van der Waals surface area contributed by atoms with Gasteiger partial charge in [0.05, 0.1) is 6.04 Å². The zero-order valence-corrected chi connectivity index (χ0v) is 12.8. The molecule has 1 unspecified atom stereocenters. The molecular formula is C18H18F2N2O. The quantitative estimate of drug-likeness (QED) is 0.853. The Balaban J connectivity index is 1.70. The third-order valence-corrected chi connectivity index (χ3v) is 3.89. The predicted octanol–water partition coefficient (Wildman–Crippen LogP) is 4.49. The number of halogens is 2. The van der Waals surface area contributed by atoms with Crippen LogP contribution < -0.4 is 10.6 Å². The Morgan fingerprint density at radius 3 is 2.57 bits per heavy atom. The molecule has 2 aromatic carbocycles. The van der Waals surface area contributed by atoms with E-state index in [9.17, 15) is 13.6 Å². The smallest absolute Gasteiger partial charge is 0.227 e. The number of benzene rings is 2. The Hall–Kier alpha value is -2.43. The fourth-order valence-corrected chi connectivity index (χ4v) is 2.46. The molecule has 3 nitrogen and oxygen atoms in total. The van der Waals surface area contributed by atoms with Crippen molar-refractivity contribution in [3.05, 3.63) is 59.7 Å². The summed E-state index contributed by atoms with van der Waals surface area (Å²) >= 11 is 0. The van der Waals surface area contributed by atoms with Crippen molar-refractivity contribution in [3.63, 3.8) is 0 Å². The Bertz CT molecular complexity index is 729. The summed E-state index contributed by atoms with van der Waals surface area (Å²) in [5.74, 6) is -0.995. The summed E-state index contributed by atoms with van der Waals surface area (Å²) in [6, 6.07) is 10.5. The number of hydrogen-bond donors (Lipinski definition) is 2. The number of carbonyl (C=O) groups excluding carboxylic acids is 1. The van der Waals surface area contributed by atoms with Gasteiger partial charge < -0.3 is 10.6 Å². The van der Waals surface area contributed by atoms with Gasteiger partial charge in [-0.2, -0.15) is 0 Å². The van der Waals surface area contributed by atoms with E-state index in [0.29, 0.717) is 11.3 Å². The fourth-order valence-electron chi connectivity index (χ4n) is 2.46. The Kier molecular flexibility index (Phi) is 4.28. The number of nitrogens with one attached hydrogen (secondary N) is 2. The third kappa shape index (κ3) is 3.86. The van der Waals surface area contributed by atoms with Crippen molar-refractivity contribution >= 4 is 17.3 Å². The maximum atomic E-state index is 13.8. The summed E-state index contributed by atoms with van der Waals surface area (Å²) in [6.07, 6.45) is 1.90. The molecular weight excluding hydrogens is 298 g/mol. The van der Waals surface area contributed by atoms with E-state index in [1.807, 2.05) is 18.2 Å². The van der Waals surface area contributed by atoms with Crippen LogP contribution in [0.5, 0.6) is 0 Å². The van der Waals surface area contributed by atoms with E-state index in [0.717, 1.165) is 24.6 Å². The summed E-state index contributed by atoms with van der Waals surface area (Å²) in [5, 5.41) is 6.04. The molecule has 1 fully saturated rings. The van der Waals surface area contributed by atoms with Gasteiger partial charge in [0.1, 0.15) is 11.6 Å². The van der Waals surface area contributed by atoms with Crippen LogP contribution in [-0.2, 0) is 4.79 Å². The predicted molar refractivity (Wildman–Crippen MR) is 86.2 cm³/mol. The highest BCUT2D eigenvalue weighted by molar-refractivity contribution is 5.94. The molecule has 0 bridgehead atoms. The minimum absolute atomic E-state index is 0.0415. The van der Waals surface area contributed by atoms with Crippen LogP contribution in [0.1, 0.15) is 31.4 Å². The molecule has 0 radical (unpaired) electrons. The molecule has 0 aromatic heterocycles. The minimum Gasteiger partial charge on any atom is -0.378 e. The van der Waals surface area contributed by atoms with Gasteiger partial charge in [-0.3, -0.25) is 4.79 Å². The van der Waals surface area contributed by atoms with E-state index < -0.39 is 11.6 Å². The molecule has 0 heterocycles. The van der Waals surface area contributed by atoms with Crippen molar-refractivity contribution in [2.75, 3.05) is 10.6 Å². The lowest BCUT2D eigenvalue weighted by molar-refractivity contribution is -0.117. The van der Waals surface area contributed by atoms with Gasteiger partial charge in [0, 0.05) is 28.9 Å². The van der Waals surface area contributed by atoms with Crippen LogP contribution in [0.4, 0.5) is 20.2 Å². The standard InChI is InChI=1S/C18H18F2N2O/c1-11(16-8-7-13(19)9-17(16)20)21-14-3-2-4-15(10-14)22-18(23)12-5-6-12/h2-4,7-12,21H,5-6H2,1H3,(H,22,23). The van der Waals surface area contributed by atoms with Gasteiger partial charge in [0.15, 0.2) is 0 Å². The number of hydrogen-bond acceptors (Lipinski definition) is 2.